The molecule has 1 aliphatic carbocycles. The van der Waals surface area contributed by atoms with Crippen LogP contribution in [0.3, 0.4) is 0 Å². The molecule has 0 spiro atoms. The molecule has 0 unspecified atom stereocenters. The van der Waals surface area contributed by atoms with Crippen molar-refractivity contribution in [1.82, 2.24) is 0 Å². The SMILES string of the molecule is CCCCCCCCCC([NH-])=O.C[SiH]C.[C-]1=CC=CC1.[Cl-].[Cl-].[Hf+4]. The van der Waals surface area contributed by atoms with Crippen LogP contribution in [-0.4, -0.2) is 15.4 Å². The quantitative estimate of drug-likeness (QED) is 0.232. The van der Waals surface area contributed by atoms with Crippen molar-refractivity contribution in [3.63, 3.8) is 0 Å². The van der Waals surface area contributed by atoms with Crippen molar-refractivity contribution in [2.75, 3.05) is 0 Å². The molecule has 0 aromatic heterocycles. The molecule has 0 bridgehead atoms. The topological polar surface area (TPSA) is 40.9 Å². The van der Waals surface area contributed by atoms with E-state index in [9.17, 15) is 4.79 Å². The Morgan fingerprint density at radius 3 is 1.87 bits per heavy atom. The van der Waals surface area contributed by atoms with Gasteiger partial charge in [0, 0.05) is 15.4 Å². The van der Waals surface area contributed by atoms with Gasteiger partial charge in [-0.3, -0.25) is 6.08 Å². The molecule has 0 fully saturated rings. The molecule has 1 radical (unpaired) electrons. The minimum absolute atomic E-state index is 0. The van der Waals surface area contributed by atoms with Crippen LogP contribution in [0.5, 0.6) is 0 Å². The summed E-state index contributed by atoms with van der Waals surface area (Å²) in [7, 11) is 0.750. The average Bonchev–Trinajstić information content (AvgIpc) is 2.97. The Morgan fingerprint density at radius 2 is 1.57 bits per heavy atom. The number of allylic oxidation sites excluding steroid dienone is 4. The van der Waals surface area contributed by atoms with Crippen LogP contribution in [0.1, 0.15) is 64.7 Å². The normalized spacial score (nSPS) is 9.87. The fourth-order valence-corrected chi connectivity index (χ4v) is 1.58. The third-order valence-corrected chi connectivity index (χ3v) is 2.59. The molecule has 0 aromatic carbocycles. The third-order valence-electron chi connectivity index (χ3n) is 2.59. The van der Waals surface area contributed by atoms with E-state index in [1.165, 1.54) is 32.1 Å². The molecule has 0 atom stereocenters. The number of rotatable bonds is 8. The number of hydrogen-bond acceptors (Lipinski definition) is 1. The second-order valence-corrected chi connectivity index (χ2v) is 6.03. The van der Waals surface area contributed by atoms with Crippen LogP contribution >= 0.6 is 0 Å². The Bertz CT molecular complexity index is 255. The van der Waals surface area contributed by atoms with Crippen molar-refractivity contribution in [1.29, 1.82) is 0 Å². The number of unbranched alkanes of at least 4 members (excludes halogenated alkanes) is 6. The van der Waals surface area contributed by atoms with Gasteiger partial charge in [-0.05, 0) is 12.8 Å². The van der Waals surface area contributed by atoms with Crippen molar-refractivity contribution in [2.45, 2.75) is 77.8 Å². The first-order valence-corrected chi connectivity index (χ1v) is 10.2. The molecule has 1 N–H and O–H groups in total. The van der Waals surface area contributed by atoms with E-state index in [1.54, 1.807) is 0 Å². The maximum atomic E-state index is 10.2. The first-order valence-electron chi connectivity index (χ1n) is 7.89. The third kappa shape index (κ3) is 45.0. The zero-order valence-corrected chi connectivity index (χ0v) is 21.1. The molecule has 6 heteroatoms. The molecule has 0 heterocycles. The van der Waals surface area contributed by atoms with Gasteiger partial charge in [-0.15, -0.1) is 6.42 Å². The molecular weight excluding hydrogens is 512 g/mol. The van der Waals surface area contributed by atoms with E-state index in [1.807, 2.05) is 12.2 Å². The Hall–Kier alpha value is 0.617. The molecule has 2 nitrogen and oxygen atoms in total. The van der Waals surface area contributed by atoms with E-state index in [0.29, 0.717) is 6.42 Å². The summed E-state index contributed by atoms with van der Waals surface area (Å²) in [6, 6.07) is 0. The summed E-state index contributed by atoms with van der Waals surface area (Å²) in [6.45, 7) is 6.62. The molecule has 0 aromatic rings. The molecule has 1 rings (SSSR count). The van der Waals surface area contributed by atoms with Gasteiger partial charge in [0.25, 0.3) is 0 Å². The van der Waals surface area contributed by atoms with Crippen LogP contribution in [0.15, 0.2) is 18.2 Å². The molecule has 0 saturated heterocycles. The number of hydrogen-bond donors (Lipinski definition) is 0. The van der Waals surface area contributed by atoms with E-state index >= 15 is 0 Å². The van der Waals surface area contributed by atoms with E-state index in [4.69, 9.17) is 5.73 Å². The number of carbonyl (C=O) groups excluding carboxylic acids is 1. The minimum Gasteiger partial charge on any atom is -1.00 e. The first-order chi connectivity index (χ1) is 9.68. The van der Waals surface area contributed by atoms with E-state index in [-0.39, 0.29) is 50.7 Å². The molecule has 1 amide bonds. The zero-order valence-electron chi connectivity index (χ0n) is 14.8. The van der Waals surface area contributed by atoms with Crippen molar-refractivity contribution < 1.29 is 55.5 Å². The fourth-order valence-electron chi connectivity index (χ4n) is 1.58. The van der Waals surface area contributed by atoms with Gasteiger partial charge in [-0.1, -0.05) is 58.5 Å². The monoisotopic (exact) mass is 544 g/mol. The number of halogens is 2. The van der Waals surface area contributed by atoms with Crippen LogP contribution in [0, 0.1) is 6.08 Å². The summed E-state index contributed by atoms with van der Waals surface area (Å²) < 4.78 is 0. The molecule has 133 valence electrons. The summed E-state index contributed by atoms with van der Waals surface area (Å²) >= 11 is 0. The maximum Gasteiger partial charge on any atom is 4.00 e. The largest absolute Gasteiger partial charge is 4.00 e. The van der Waals surface area contributed by atoms with Crippen molar-refractivity contribution in [3.8, 4) is 0 Å². The Morgan fingerprint density at radius 1 is 1.09 bits per heavy atom. The predicted octanol–water partition coefficient (Wildman–Crippen LogP) is -0.464. The molecule has 0 aliphatic heterocycles. The fraction of sp³-hybridized carbons (Fsp3) is 0.706. The summed E-state index contributed by atoms with van der Waals surface area (Å²) in [5.74, 6) is -0.413. The van der Waals surface area contributed by atoms with Crippen LogP contribution in [0.4, 0.5) is 0 Å². The Labute approximate surface area is 177 Å². The van der Waals surface area contributed by atoms with Crippen molar-refractivity contribution in [3.05, 3.63) is 30.0 Å². The second kappa shape index (κ2) is 34.1. The van der Waals surface area contributed by atoms with Crippen LogP contribution in [0.25, 0.3) is 5.73 Å². The Kier molecular flexibility index (Phi) is 51.6. The van der Waals surface area contributed by atoms with Gasteiger partial charge in [-0.25, -0.2) is 12.2 Å². The van der Waals surface area contributed by atoms with Gasteiger partial charge >= 0.3 is 25.8 Å². The van der Waals surface area contributed by atoms with E-state index in [0.717, 1.165) is 28.8 Å². The van der Waals surface area contributed by atoms with Gasteiger partial charge in [0.05, 0.1) is 0 Å². The predicted molar refractivity (Wildman–Crippen MR) is 92.4 cm³/mol. The maximum absolute atomic E-state index is 10.2. The van der Waals surface area contributed by atoms with Crippen LogP contribution < -0.4 is 24.8 Å². The standard InChI is InChI=1S/C10H21NO.C5H5.C2H7Si.2ClH.Hf/c1-2-3-4-5-6-7-8-9-10(11)12;1-2-4-5-3-1;1-3-2;;;/h2-9H2,1H3,(H2,11,12);1-3H,4H2;3H,1-2H3;2*1H;/q;-1;;;;+4/p-3. The first kappa shape index (κ1) is 34.9. The summed E-state index contributed by atoms with van der Waals surface area (Å²) in [6.07, 6.45) is 18.9. The summed E-state index contributed by atoms with van der Waals surface area (Å²) in [5, 5.41) is 0. The molecular formula is C17H32Cl2HfNOSi. The van der Waals surface area contributed by atoms with Crippen molar-refractivity contribution in [2.24, 2.45) is 0 Å². The van der Waals surface area contributed by atoms with Gasteiger partial charge in [0.15, 0.2) is 0 Å². The molecule has 1 aliphatic rings. The van der Waals surface area contributed by atoms with E-state index in [2.05, 4.69) is 32.2 Å². The van der Waals surface area contributed by atoms with Crippen LogP contribution in [-0.2, 0) is 30.6 Å². The number of amides is 1. The number of carbonyl (C=O) groups is 1. The number of nitrogens with one attached hydrogen (secondary N) is 1. The van der Waals surface area contributed by atoms with Crippen molar-refractivity contribution >= 4 is 15.4 Å². The van der Waals surface area contributed by atoms with Gasteiger partial charge in [0.2, 0.25) is 0 Å². The average molecular weight is 544 g/mol. The molecule has 0 saturated carbocycles. The second-order valence-electron chi connectivity index (χ2n) is 4.87. The van der Waals surface area contributed by atoms with Gasteiger partial charge in [-0.2, -0.15) is 6.08 Å². The summed E-state index contributed by atoms with van der Waals surface area (Å²) in [5.41, 5.74) is 6.69. The van der Waals surface area contributed by atoms with Crippen LogP contribution in [0.2, 0.25) is 13.1 Å². The van der Waals surface area contributed by atoms with E-state index < -0.39 is 5.91 Å². The summed E-state index contributed by atoms with van der Waals surface area (Å²) in [4.78, 5) is 10.2. The van der Waals surface area contributed by atoms with Gasteiger partial charge < -0.3 is 35.3 Å². The Balaban J connectivity index is -0.0000000827. The zero-order chi connectivity index (χ0) is 15.5. The molecule has 23 heavy (non-hydrogen) atoms. The minimum atomic E-state index is -0.413. The van der Waals surface area contributed by atoms with Gasteiger partial charge in [0.1, 0.15) is 0 Å². The smallest absolute Gasteiger partial charge is 1.00 e.